The average molecular weight is 454 g/mol. The third-order valence-electron chi connectivity index (χ3n) is 4.51. The van der Waals surface area contributed by atoms with E-state index in [-0.39, 0.29) is 29.9 Å². The zero-order valence-corrected chi connectivity index (χ0v) is 16.3. The van der Waals surface area contributed by atoms with Crippen molar-refractivity contribution in [1.82, 2.24) is 9.47 Å². The SMILES string of the molecule is CO[C@@H]1C[C@H](C(=O)Nc2ccc(-n3cc(Br)ccc3=O)cc2F)N(C(=O)O)C1. The summed E-state index contributed by atoms with van der Waals surface area (Å²) in [6.07, 6.45) is 0.0395. The summed E-state index contributed by atoms with van der Waals surface area (Å²) < 4.78 is 21.6. The van der Waals surface area contributed by atoms with Gasteiger partial charge in [0, 0.05) is 36.3 Å². The summed E-state index contributed by atoms with van der Waals surface area (Å²) in [4.78, 5) is 36.8. The Bertz CT molecular complexity index is 980. The maximum atomic E-state index is 14.5. The summed E-state index contributed by atoms with van der Waals surface area (Å²) in [6.45, 7) is 0.0666. The number of aromatic nitrogens is 1. The molecule has 2 atom stereocenters. The molecular weight excluding hydrogens is 437 g/mol. The number of carbonyl (C=O) groups is 2. The molecule has 2 heterocycles. The van der Waals surface area contributed by atoms with Crippen LogP contribution in [0.15, 0.2) is 45.8 Å². The molecule has 0 unspecified atom stereocenters. The fourth-order valence-corrected chi connectivity index (χ4v) is 3.40. The molecule has 10 heteroatoms. The van der Waals surface area contributed by atoms with Crippen molar-refractivity contribution < 1.29 is 23.8 Å². The van der Waals surface area contributed by atoms with Gasteiger partial charge in [0.2, 0.25) is 5.91 Å². The van der Waals surface area contributed by atoms with Gasteiger partial charge in [-0.25, -0.2) is 9.18 Å². The first kappa shape index (κ1) is 20.0. The second-order valence-electron chi connectivity index (χ2n) is 6.25. The molecule has 8 nitrogen and oxygen atoms in total. The van der Waals surface area contributed by atoms with E-state index in [1.165, 1.54) is 36.1 Å². The fourth-order valence-electron chi connectivity index (χ4n) is 3.06. The van der Waals surface area contributed by atoms with E-state index in [1.54, 1.807) is 6.07 Å². The van der Waals surface area contributed by atoms with Gasteiger partial charge in [0.15, 0.2) is 0 Å². The lowest BCUT2D eigenvalue weighted by atomic mass is 10.1. The molecule has 1 saturated heterocycles. The summed E-state index contributed by atoms with van der Waals surface area (Å²) in [6, 6.07) is 5.86. The number of hydrogen-bond acceptors (Lipinski definition) is 4. The number of pyridine rings is 1. The highest BCUT2D eigenvalue weighted by Gasteiger charge is 2.40. The van der Waals surface area contributed by atoms with E-state index >= 15 is 0 Å². The van der Waals surface area contributed by atoms with Gasteiger partial charge in [-0.1, -0.05) is 0 Å². The highest BCUT2D eigenvalue weighted by Crippen LogP contribution is 2.24. The van der Waals surface area contributed by atoms with Crippen molar-refractivity contribution in [3.63, 3.8) is 0 Å². The lowest BCUT2D eigenvalue weighted by Gasteiger charge is -2.20. The number of nitrogens with zero attached hydrogens (tertiary/aromatic N) is 2. The van der Waals surface area contributed by atoms with Crippen LogP contribution < -0.4 is 10.9 Å². The largest absolute Gasteiger partial charge is 0.465 e. The van der Waals surface area contributed by atoms with E-state index in [2.05, 4.69) is 21.2 Å². The Morgan fingerprint density at radius 3 is 2.71 bits per heavy atom. The van der Waals surface area contributed by atoms with Gasteiger partial charge in [-0.05, 0) is 34.1 Å². The van der Waals surface area contributed by atoms with Crippen LogP contribution in [-0.4, -0.2) is 52.4 Å². The highest BCUT2D eigenvalue weighted by atomic mass is 79.9. The van der Waals surface area contributed by atoms with Crippen LogP contribution in [0.1, 0.15) is 6.42 Å². The monoisotopic (exact) mass is 453 g/mol. The normalized spacial score (nSPS) is 18.9. The summed E-state index contributed by atoms with van der Waals surface area (Å²) in [5.41, 5.74) is -0.162. The van der Waals surface area contributed by atoms with Gasteiger partial charge in [0.25, 0.3) is 5.56 Å². The molecule has 0 saturated carbocycles. The number of benzene rings is 1. The van der Waals surface area contributed by atoms with Crippen molar-refractivity contribution in [2.24, 2.45) is 0 Å². The number of ether oxygens (including phenoxy) is 1. The number of carboxylic acid groups (broad SMARTS) is 1. The van der Waals surface area contributed by atoms with Crippen molar-refractivity contribution >= 4 is 33.6 Å². The second kappa shape index (κ2) is 8.11. The summed E-state index contributed by atoms with van der Waals surface area (Å²) in [5, 5.41) is 11.7. The van der Waals surface area contributed by atoms with Crippen molar-refractivity contribution in [2.75, 3.05) is 19.0 Å². The molecule has 2 N–H and O–H groups in total. The number of hydrogen-bond donors (Lipinski definition) is 2. The number of amides is 2. The van der Waals surface area contributed by atoms with E-state index in [0.717, 1.165) is 11.0 Å². The smallest absolute Gasteiger partial charge is 0.408 e. The van der Waals surface area contributed by atoms with E-state index in [9.17, 15) is 23.9 Å². The van der Waals surface area contributed by atoms with Gasteiger partial charge >= 0.3 is 6.09 Å². The maximum absolute atomic E-state index is 14.5. The summed E-state index contributed by atoms with van der Waals surface area (Å²) in [5.74, 6) is -1.39. The Kier molecular flexibility index (Phi) is 5.80. The van der Waals surface area contributed by atoms with Crippen LogP contribution >= 0.6 is 15.9 Å². The number of halogens is 2. The highest BCUT2D eigenvalue weighted by molar-refractivity contribution is 9.10. The molecule has 1 aromatic carbocycles. The Balaban J connectivity index is 1.81. The molecule has 1 fully saturated rings. The first-order valence-electron chi connectivity index (χ1n) is 8.31. The number of nitrogens with one attached hydrogen (secondary N) is 1. The Morgan fingerprint density at radius 1 is 1.32 bits per heavy atom. The number of likely N-dealkylation sites (tertiary alicyclic amines) is 1. The minimum atomic E-state index is -1.25. The molecule has 2 amide bonds. The van der Waals surface area contributed by atoms with Crippen molar-refractivity contribution in [3.8, 4) is 5.69 Å². The third kappa shape index (κ3) is 4.07. The molecule has 1 aromatic heterocycles. The fraction of sp³-hybridized carbons (Fsp3) is 0.278. The van der Waals surface area contributed by atoms with Crippen LogP contribution in [0.5, 0.6) is 0 Å². The van der Waals surface area contributed by atoms with Gasteiger partial charge in [-0.3, -0.25) is 19.1 Å². The van der Waals surface area contributed by atoms with Gasteiger partial charge in [-0.15, -0.1) is 0 Å². The van der Waals surface area contributed by atoms with Crippen LogP contribution in [0.3, 0.4) is 0 Å². The molecule has 1 aliphatic heterocycles. The minimum Gasteiger partial charge on any atom is -0.465 e. The van der Waals surface area contributed by atoms with E-state index in [4.69, 9.17) is 4.74 Å². The molecule has 2 aromatic rings. The maximum Gasteiger partial charge on any atom is 0.408 e. The molecule has 1 aliphatic rings. The third-order valence-corrected chi connectivity index (χ3v) is 4.98. The molecule has 0 radical (unpaired) electrons. The second-order valence-corrected chi connectivity index (χ2v) is 7.17. The predicted molar refractivity (Wildman–Crippen MR) is 102 cm³/mol. The molecule has 0 spiro atoms. The van der Waals surface area contributed by atoms with E-state index in [0.29, 0.717) is 4.47 Å². The van der Waals surface area contributed by atoms with Crippen LogP contribution in [0.25, 0.3) is 5.69 Å². The first-order chi connectivity index (χ1) is 13.3. The van der Waals surface area contributed by atoms with Gasteiger partial charge in [0.1, 0.15) is 11.9 Å². The Hall–Kier alpha value is -2.72. The lowest BCUT2D eigenvalue weighted by Crippen LogP contribution is -2.42. The standard InChI is InChI=1S/C18H17BrFN3O5/c1-28-12-7-15(23(9-12)18(26)27)17(25)21-14-4-3-11(6-13(14)20)22-8-10(19)2-5-16(22)24/h2-6,8,12,15H,7,9H2,1H3,(H,21,25)(H,26,27)/t12-,15-/m1/s1. The van der Waals surface area contributed by atoms with Crippen LogP contribution in [0, 0.1) is 5.82 Å². The van der Waals surface area contributed by atoms with Crippen molar-refractivity contribution in [3.05, 3.63) is 57.2 Å². The number of rotatable bonds is 4. The summed E-state index contributed by atoms with van der Waals surface area (Å²) in [7, 11) is 1.44. The zero-order valence-electron chi connectivity index (χ0n) is 14.8. The molecule has 148 valence electrons. The van der Waals surface area contributed by atoms with E-state index in [1.807, 2.05) is 0 Å². The van der Waals surface area contributed by atoms with E-state index < -0.39 is 30.0 Å². The number of anilines is 1. The van der Waals surface area contributed by atoms with Crippen LogP contribution in [0.2, 0.25) is 0 Å². The lowest BCUT2D eigenvalue weighted by molar-refractivity contribution is -0.120. The first-order valence-corrected chi connectivity index (χ1v) is 9.11. The van der Waals surface area contributed by atoms with Crippen molar-refractivity contribution in [1.29, 1.82) is 0 Å². The molecule has 0 aliphatic carbocycles. The van der Waals surface area contributed by atoms with Gasteiger partial charge in [0.05, 0.1) is 24.0 Å². The average Bonchev–Trinajstić information content (AvgIpc) is 3.10. The molecular formula is C18H17BrFN3O5. The topological polar surface area (TPSA) is 101 Å². The molecule has 3 rings (SSSR count). The number of methoxy groups -OCH3 is 1. The Morgan fingerprint density at radius 2 is 2.07 bits per heavy atom. The van der Waals surface area contributed by atoms with Crippen molar-refractivity contribution in [2.45, 2.75) is 18.6 Å². The zero-order chi connectivity index (χ0) is 20.4. The minimum absolute atomic E-state index is 0.0666. The van der Waals surface area contributed by atoms with Gasteiger partial charge < -0.3 is 15.2 Å². The van der Waals surface area contributed by atoms with Crippen LogP contribution in [0.4, 0.5) is 14.9 Å². The molecule has 28 heavy (non-hydrogen) atoms. The van der Waals surface area contributed by atoms with Crippen LogP contribution in [-0.2, 0) is 9.53 Å². The van der Waals surface area contributed by atoms with Gasteiger partial charge in [-0.2, -0.15) is 0 Å². The predicted octanol–water partition coefficient (Wildman–Crippen LogP) is 2.44. The Labute approximate surface area is 167 Å². The summed E-state index contributed by atoms with van der Waals surface area (Å²) >= 11 is 3.25. The molecule has 0 bridgehead atoms. The number of carbonyl (C=O) groups excluding carboxylic acids is 1. The quantitative estimate of drug-likeness (QED) is 0.740.